The number of carboxylic acids is 1. The van der Waals surface area contributed by atoms with Gasteiger partial charge in [0, 0.05) is 19.0 Å². The number of hydrogen-bond acceptors (Lipinski definition) is 3. The lowest BCUT2D eigenvalue weighted by Gasteiger charge is -2.15. The van der Waals surface area contributed by atoms with Crippen LogP contribution in [0.5, 0.6) is 0 Å². The van der Waals surface area contributed by atoms with E-state index in [9.17, 15) is 9.59 Å². The fraction of sp³-hybridized carbons (Fsp3) is 0.467. The smallest absolute Gasteiger partial charge is 0.332 e. The number of urea groups is 1. The third-order valence-electron chi connectivity index (χ3n) is 3.07. The molecule has 0 fully saturated rings. The molecule has 6 heteroatoms. The summed E-state index contributed by atoms with van der Waals surface area (Å²) in [6.07, 6.45) is 0.233. The van der Waals surface area contributed by atoms with Gasteiger partial charge in [0.25, 0.3) is 0 Å². The van der Waals surface area contributed by atoms with Crippen molar-refractivity contribution in [3.63, 3.8) is 0 Å². The largest absolute Gasteiger partial charge is 0.479 e. The molecule has 1 aromatic carbocycles. The van der Waals surface area contributed by atoms with Crippen LogP contribution in [-0.4, -0.2) is 40.9 Å². The predicted octanol–water partition coefficient (Wildman–Crippen LogP) is 1.14. The van der Waals surface area contributed by atoms with E-state index in [2.05, 4.69) is 10.6 Å². The fourth-order valence-electron chi connectivity index (χ4n) is 1.82. The van der Waals surface area contributed by atoms with Gasteiger partial charge < -0.3 is 20.8 Å². The van der Waals surface area contributed by atoms with Gasteiger partial charge in [0.1, 0.15) is 0 Å². The minimum absolute atomic E-state index is 0.00889. The number of aliphatic hydroxyl groups is 1. The van der Waals surface area contributed by atoms with Crippen molar-refractivity contribution in [3.05, 3.63) is 35.9 Å². The molecular weight excluding hydrogens is 272 g/mol. The van der Waals surface area contributed by atoms with Gasteiger partial charge in [0.2, 0.25) is 0 Å². The molecule has 2 amide bonds. The van der Waals surface area contributed by atoms with Gasteiger partial charge in [-0.1, -0.05) is 30.3 Å². The monoisotopic (exact) mass is 294 g/mol. The summed E-state index contributed by atoms with van der Waals surface area (Å²) >= 11 is 0. The van der Waals surface area contributed by atoms with Crippen molar-refractivity contribution in [2.45, 2.75) is 38.3 Å². The summed E-state index contributed by atoms with van der Waals surface area (Å²) in [5.41, 5.74) is 1.22. The Morgan fingerprint density at radius 1 is 1.19 bits per heavy atom. The van der Waals surface area contributed by atoms with Crippen molar-refractivity contribution in [3.8, 4) is 0 Å². The Morgan fingerprint density at radius 3 is 2.48 bits per heavy atom. The number of benzene rings is 1. The highest BCUT2D eigenvalue weighted by Crippen LogP contribution is 2.04. The van der Waals surface area contributed by atoms with E-state index in [1.807, 2.05) is 37.3 Å². The second kappa shape index (κ2) is 8.97. The molecule has 0 spiro atoms. The molecule has 0 saturated heterocycles. The number of carbonyl (C=O) groups excluding carboxylic acids is 1. The zero-order valence-corrected chi connectivity index (χ0v) is 12.1. The van der Waals surface area contributed by atoms with Crippen LogP contribution in [-0.2, 0) is 11.2 Å². The van der Waals surface area contributed by atoms with Crippen LogP contribution in [0, 0.1) is 0 Å². The normalized spacial score (nSPS) is 13.2. The van der Waals surface area contributed by atoms with Gasteiger partial charge in [-0.25, -0.2) is 9.59 Å². The first-order valence-corrected chi connectivity index (χ1v) is 6.98. The van der Waals surface area contributed by atoms with Crippen LogP contribution in [0.4, 0.5) is 4.79 Å². The Bertz CT molecular complexity index is 450. The molecule has 0 bridgehead atoms. The van der Waals surface area contributed by atoms with E-state index < -0.39 is 12.1 Å². The van der Waals surface area contributed by atoms with Crippen molar-refractivity contribution in [2.24, 2.45) is 0 Å². The number of carboxylic acid groups (broad SMARTS) is 1. The van der Waals surface area contributed by atoms with Crippen LogP contribution >= 0.6 is 0 Å². The molecule has 0 aliphatic carbocycles. The molecule has 0 aliphatic heterocycles. The second-order valence-corrected chi connectivity index (χ2v) is 4.97. The van der Waals surface area contributed by atoms with Gasteiger partial charge in [-0.15, -0.1) is 0 Å². The summed E-state index contributed by atoms with van der Waals surface area (Å²) in [7, 11) is 0. The zero-order chi connectivity index (χ0) is 15.7. The number of aliphatic hydroxyl groups excluding tert-OH is 1. The first-order chi connectivity index (χ1) is 9.99. The molecule has 1 unspecified atom stereocenters. The third kappa shape index (κ3) is 7.31. The summed E-state index contributed by atoms with van der Waals surface area (Å²) in [5, 5.41) is 22.9. The van der Waals surface area contributed by atoms with Gasteiger partial charge in [0.05, 0.1) is 0 Å². The van der Waals surface area contributed by atoms with E-state index >= 15 is 0 Å². The summed E-state index contributed by atoms with van der Waals surface area (Å²) in [6.45, 7) is 2.03. The Balaban J connectivity index is 2.17. The Kier molecular flexibility index (Phi) is 7.25. The maximum atomic E-state index is 11.6. The first-order valence-electron chi connectivity index (χ1n) is 6.98. The number of aliphatic carboxylic acids is 1. The van der Waals surface area contributed by atoms with E-state index in [1.165, 1.54) is 5.56 Å². The predicted molar refractivity (Wildman–Crippen MR) is 79.0 cm³/mol. The Morgan fingerprint density at radius 2 is 1.86 bits per heavy atom. The maximum Gasteiger partial charge on any atom is 0.332 e. The summed E-state index contributed by atoms with van der Waals surface area (Å²) in [6, 6.07) is 9.66. The number of aryl methyl sites for hydroxylation is 1. The summed E-state index contributed by atoms with van der Waals surface area (Å²) in [5.74, 6) is -1.28. The molecule has 0 heterocycles. The van der Waals surface area contributed by atoms with Gasteiger partial charge in [-0.2, -0.15) is 0 Å². The number of hydrogen-bond donors (Lipinski definition) is 4. The highest BCUT2D eigenvalue weighted by Gasteiger charge is 2.13. The van der Waals surface area contributed by atoms with Crippen LogP contribution in [0.15, 0.2) is 30.3 Å². The van der Waals surface area contributed by atoms with E-state index in [0.717, 1.165) is 12.8 Å². The first kappa shape index (κ1) is 17.0. The average Bonchev–Trinajstić information content (AvgIpc) is 2.46. The molecule has 6 nitrogen and oxygen atoms in total. The van der Waals surface area contributed by atoms with Crippen molar-refractivity contribution >= 4 is 12.0 Å². The van der Waals surface area contributed by atoms with Crippen LogP contribution < -0.4 is 10.6 Å². The van der Waals surface area contributed by atoms with Gasteiger partial charge in [-0.3, -0.25) is 0 Å². The minimum atomic E-state index is -1.44. The van der Waals surface area contributed by atoms with E-state index in [0.29, 0.717) is 0 Å². The van der Waals surface area contributed by atoms with E-state index in [-0.39, 0.29) is 25.0 Å². The third-order valence-corrected chi connectivity index (χ3v) is 3.07. The van der Waals surface area contributed by atoms with E-state index in [4.69, 9.17) is 10.2 Å². The average molecular weight is 294 g/mol. The number of rotatable bonds is 8. The molecule has 1 rings (SSSR count). The molecular formula is C15H22N2O4. The Hall–Kier alpha value is -2.08. The summed E-state index contributed by atoms with van der Waals surface area (Å²) < 4.78 is 0. The molecule has 0 aromatic heterocycles. The zero-order valence-electron chi connectivity index (χ0n) is 12.1. The lowest BCUT2D eigenvalue weighted by atomic mass is 10.1. The van der Waals surface area contributed by atoms with Crippen LogP contribution in [0.3, 0.4) is 0 Å². The molecule has 4 N–H and O–H groups in total. The molecule has 0 aliphatic rings. The lowest BCUT2D eigenvalue weighted by Crippen LogP contribution is -2.42. The standard InChI is InChI=1S/C15H22N2O4/c1-11(7-8-12-5-3-2-4-6-12)17-15(21)16-10-9-13(18)14(19)20/h2-6,11,13,18H,7-10H2,1H3,(H,19,20)(H2,16,17,21)/t11?,13-/m0/s1. The van der Waals surface area contributed by atoms with Crippen molar-refractivity contribution in [2.75, 3.05) is 6.54 Å². The topological polar surface area (TPSA) is 98.7 Å². The molecule has 1 aromatic rings. The highest BCUT2D eigenvalue weighted by molar-refractivity contribution is 5.74. The molecule has 21 heavy (non-hydrogen) atoms. The summed E-state index contributed by atoms with van der Waals surface area (Å²) in [4.78, 5) is 22.0. The van der Waals surface area contributed by atoms with Gasteiger partial charge >= 0.3 is 12.0 Å². The minimum Gasteiger partial charge on any atom is -0.479 e. The quantitative estimate of drug-likeness (QED) is 0.578. The van der Waals surface area contributed by atoms with Crippen LogP contribution in [0.25, 0.3) is 0 Å². The molecule has 116 valence electrons. The number of nitrogens with one attached hydrogen (secondary N) is 2. The second-order valence-electron chi connectivity index (χ2n) is 4.97. The molecule has 0 saturated carbocycles. The maximum absolute atomic E-state index is 11.6. The SMILES string of the molecule is CC(CCc1ccccc1)NC(=O)NCC[C@H](O)C(=O)O. The Labute approximate surface area is 124 Å². The van der Waals surface area contributed by atoms with E-state index in [1.54, 1.807) is 0 Å². The van der Waals surface area contributed by atoms with Gasteiger partial charge in [-0.05, 0) is 25.3 Å². The van der Waals surface area contributed by atoms with Crippen LogP contribution in [0.2, 0.25) is 0 Å². The molecule has 2 atom stereocenters. The highest BCUT2D eigenvalue weighted by atomic mass is 16.4. The lowest BCUT2D eigenvalue weighted by molar-refractivity contribution is -0.146. The van der Waals surface area contributed by atoms with Crippen molar-refractivity contribution in [1.29, 1.82) is 0 Å². The van der Waals surface area contributed by atoms with Gasteiger partial charge in [0.15, 0.2) is 6.10 Å². The molecule has 0 radical (unpaired) electrons. The number of carbonyl (C=O) groups is 2. The van der Waals surface area contributed by atoms with Crippen molar-refractivity contribution in [1.82, 2.24) is 10.6 Å². The van der Waals surface area contributed by atoms with Crippen molar-refractivity contribution < 1.29 is 19.8 Å². The van der Waals surface area contributed by atoms with Crippen LogP contribution in [0.1, 0.15) is 25.3 Å². The number of amides is 2. The fourth-order valence-corrected chi connectivity index (χ4v) is 1.82.